The van der Waals surface area contributed by atoms with E-state index in [1.807, 2.05) is 37.3 Å². The standard InChI is InChI=1S/C19H20N2O3/c1-15-6-5-7-16(14-15)10-11-18(22)20-12-13-24-21-19(23)17-8-3-2-4-9-17/h2-11,14H,12-13H2,1H3,(H,20,22)(H,21,23)/b11-10+. The maximum atomic E-state index is 11.7. The highest BCUT2D eigenvalue weighted by molar-refractivity contribution is 5.93. The molecule has 2 aromatic carbocycles. The fourth-order valence-corrected chi connectivity index (χ4v) is 1.99. The van der Waals surface area contributed by atoms with Crippen molar-refractivity contribution in [2.45, 2.75) is 6.92 Å². The zero-order chi connectivity index (χ0) is 17.2. The number of nitrogens with one attached hydrogen (secondary N) is 2. The number of aryl methyl sites for hydroxylation is 1. The largest absolute Gasteiger partial charge is 0.350 e. The molecule has 0 aliphatic rings. The van der Waals surface area contributed by atoms with Gasteiger partial charge in [0.1, 0.15) is 0 Å². The normalized spacial score (nSPS) is 10.5. The highest BCUT2D eigenvalue weighted by atomic mass is 16.6. The molecule has 2 N–H and O–H groups in total. The molecule has 0 atom stereocenters. The van der Waals surface area contributed by atoms with Gasteiger partial charge in [-0.15, -0.1) is 0 Å². The first kappa shape index (κ1) is 17.4. The number of benzene rings is 2. The molecule has 0 unspecified atom stereocenters. The van der Waals surface area contributed by atoms with Gasteiger partial charge < -0.3 is 5.32 Å². The smallest absolute Gasteiger partial charge is 0.274 e. The molecule has 0 spiro atoms. The molecule has 0 aromatic heterocycles. The zero-order valence-electron chi connectivity index (χ0n) is 13.5. The summed E-state index contributed by atoms with van der Waals surface area (Å²) in [5.41, 5.74) is 4.95. The fourth-order valence-electron chi connectivity index (χ4n) is 1.99. The Bertz CT molecular complexity index is 712. The molecule has 5 nitrogen and oxygen atoms in total. The Balaban J connectivity index is 1.63. The second-order valence-corrected chi connectivity index (χ2v) is 5.18. The van der Waals surface area contributed by atoms with Crippen LogP contribution in [0.15, 0.2) is 60.7 Å². The van der Waals surface area contributed by atoms with Crippen LogP contribution in [-0.2, 0) is 9.63 Å². The van der Waals surface area contributed by atoms with Crippen molar-refractivity contribution < 1.29 is 14.4 Å². The number of hydrogen-bond acceptors (Lipinski definition) is 3. The lowest BCUT2D eigenvalue weighted by molar-refractivity contribution is -0.116. The number of hydroxylamine groups is 1. The number of amides is 2. The van der Waals surface area contributed by atoms with Crippen LogP contribution in [-0.4, -0.2) is 25.0 Å². The molecule has 24 heavy (non-hydrogen) atoms. The second kappa shape index (κ2) is 9.27. The number of rotatable bonds is 7. The van der Waals surface area contributed by atoms with E-state index >= 15 is 0 Å². The van der Waals surface area contributed by atoms with Crippen LogP contribution in [0.25, 0.3) is 6.08 Å². The summed E-state index contributed by atoms with van der Waals surface area (Å²) in [6, 6.07) is 16.6. The minimum absolute atomic E-state index is 0.183. The third-order valence-electron chi connectivity index (χ3n) is 3.17. The van der Waals surface area contributed by atoms with Gasteiger partial charge in [-0.05, 0) is 30.7 Å². The van der Waals surface area contributed by atoms with Gasteiger partial charge >= 0.3 is 0 Å². The van der Waals surface area contributed by atoms with Gasteiger partial charge in [0.05, 0.1) is 6.61 Å². The highest BCUT2D eigenvalue weighted by Gasteiger charge is 2.03. The molecule has 0 fully saturated rings. The number of hydrogen-bond donors (Lipinski definition) is 2. The molecule has 0 saturated carbocycles. The molecular formula is C19H20N2O3. The van der Waals surface area contributed by atoms with Gasteiger partial charge in [-0.25, -0.2) is 5.48 Å². The van der Waals surface area contributed by atoms with E-state index < -0.39 is 0 Å². The molecule has 124 valence electrons. The van der Waals surface area contributed by atoms with Crippen LogP contribution in [0.4, 0.5) is 0 Å². The molecule has 0 aliphatic heterocycles. The van der Waals surface area contributed by atoms with E-state index in [0.717, 1.165) is 11.1 Å². The molecule has 2 rings (SSSR count). The van der Waals surface area contributed by atoms with Gasteiger partial charge in [0, 0.05) is 18.2 Å². The Labute approximate surface area is 141 Å². The molecule has 0 heterocycles. The molecule has 0 aliphatic carbocycles. The van der Waals surface area contributed by atoms with Gasteiger partial charge in [-0.1, -0.05) is 48.0 Å². The quantitative estimate of drug-likeness (QED) is 0.467. The lowest BCUT2D eigenvalue weighted by Gasteiger charge is -2.06. The summed E-state index contributed by atoms with van der Waals surface area (Å²) >= 11 is 0. The molecule has 5 heteroatoms. The van der Waals surface area contributed by atoms with E-state index in [9.17, 15) is 9.59 Å². The topological polar surface area (TPSA) is 67.4 Å². The predicted molar refractivity (Wildman–Crippen MR) is 93.1 cm³/mol. The fraction of sp³-hybridized carbons (Fsp3) is 0.158. The Morgan fingerprint density at radius 2 is 1.88 bits per heavy atom. The molecule has 2 amide bonds. The highest BCUT2D eigenvalue weighted by Crippen LogP contribution is 2.05. The monoisotopic (exact) mass is 324 g/mol. The summed E-state index contributed by atoms with van der Waals surface area (Å²) in [7, 11) is 0. The SMILES string of the molecule is Cc1cccc(/C=C/C(=O)NCCONC(=O)c2ccccc2)c1. The van der Waals surface area contributed by atoms with E-state index in [1.165, 1.54) is 6.08 Å². The van der Waals surface area contributed by atoms with Crippen LogP contribution in [0.3, 0.4) is 0 Å². The average molecular weight is 324 g/mol. The van der Waals surface area contributed by atoms with Crippen molar-refractivity contribution in [1.29, 1.82) is 0 Å². The van der Waals surface area contributed by atoms with Crippen molar-refractivity contribution in [3.8, 4) is 0 Å². The van der Waals surface area contributed by atoms with Crippen molar-refractivity contribution >= 4 is 17.9 Å². The predicted octanol–water partition coefficient (Wildman–Crippen LogP) is 2.49. The summed E-state index contributed by atoms with van der Waals surface area (Å²) in [5.74, 6) is -0.532. The van der Waals surface area contributed by atoms with E-state index in [2.05, 4.69) is 10.8 Å². The Kier molecular flexibility index (Phi) is 6.73. The first-order chi connectivity index (χ1) is 11.6. The molecule has 0 bridgehead atoms. The summed E-state index contributed by atoms with van der Waals surface area (Å²) in [6.07, 6.45) is 3.22. The van der Waals surface area contributed by atoms with Gasteiger partial charge in [-0.3, -0.25) is 14.4 Å². The molecule has 0 saturated heterocycles. The van der Waals surface area contributed by atoms with Crippen LogP contribution in [0.2, 0.25) is 0 Å². The summed E-state index contributed by atoms with van der Waals surface area (Å²) in [6.45, 7) is 2.48. The van der Waals surface area contributed by atoms with Gasteiger partial charge in [-0.2, -0.15) is 0 Å². The third-order valence-corrected chi connectivity index (χ3v) is 3.17. The average Bonchev–Trinajstić information content (AvgIpc) is 2.60. The second-order valence-electron chi connectivity index (χ2n) is 5.18. The molecule has 0 radical (unpaired) electrons. The van der Waals surface area contributed by atoms with Gasteiger partial charge in [0.15, 0.2) is 0 Å². The maximum Gasteiger partial charge on any atom is 0.274 e. The Morgan fingerprint density at radius 1 is 1.08 bits per heavy atom. The minimum Gasteiger partial charge on any atom is -0.350 e. The van der Waals surface area contributed by atoms with E-state index in [0.29, 0.717) is 12.1 Å². The van der Waals surface area contributed by atoms with Crippen LogP contribution in [0.1, 0.15) is 21.5 Å². The summed E-state index contributed by atoms with van der Waals surface area (Å²) < 4.78 is 0. The Morgan fingerprint density at radius 3 is 2.62 bits per heavy atom. The van der Waals surface area contributed by atoms with Crippen LogP contribution < -0.4 is 10.8 Å². The number of carbonyl (C=O) groups is 2. The summed E-state index contributed by atoms with van der Waals surface area (Å²) in [4.78, 5) is 28.4. The van der Waals surface area contributed by atoms with Crippen LogP contribution in [0.5, 0.6) is 0 Å². The van der Waals surface area contributed by atoms with Crippen molar-refractivity contribution in [2.24, 2.45) is 0 Å². The van der Waals surface area contributed by atoms with Crippen molar-refractivity contribution in [3.63, 3.8) is 0 Å². The first-order valence-corrected chi connectivity index (χ1v) is 7.65. The summed E-state index contributed by atoms with van der Waals surface area (Å²) in [5, 5.41) is 2.68. The third kappa shape index (κ3) is 6.06. The van der Waals surface area contributed by atoms with Gasteiger partial charge in [0.2, 0.25) is 5.91 Å². The number of carbonyl (C=O) groups excluding carboxylic acids is 2. The van der Waals surface area contributed by atoms with Crippen molar-refractivity contribution in [3.05, 3.63) is 77.4 Å². The minimum atomic E-state index is -0.318. The maximum absolute atomic E-state index is 11.7. The zero-order valence-corrected chi connectivity index (χ0v) is 13.5. The van der Waals surface area contributed by atoms with Gasteiger partial charge in [0.25, 0.3) is 5.91 Å². The van der Waals surface area contributed by atoms with Crippen molar-refractivity contribution in [2.75, 3.05) is 13.2 Å². The molecular weight excluding hydrogens is 304 g/mol. The van der Waals surface area contributed by atoms with Crippen molar-refractivity contribution in [1.82, 2.24) is 10.8 Å². The van der Waals surface area contributed by atoms with E-state index in [4.69, 9.17) is 4.84 Å². The van der Waals surface area contributed by atoms with Crippen LogP contribution in [0, 0.1) is 6.92 Å². The van der Waals surface area contributed by atoms with Crippen LogP contribution >= 0.6 is 0 Å². The lowest BCUT2D eigenvalue weighted by atomic mass is 10.1. The van der Waals surface area contributed by atoms with E-state index in [1.54, 1.807) is 30.3 Å². The lowest BCUT2D eigenvalue weighted by Crippen LogP contribution is -2.30. The first-order valence-electron chi connectivity index (χ1n) is 7.65. The Hall–Kier alpha value is -2.92. The van der Waals surface area contributed by atoms with E-state index in [-0.39, 0.29) is 18.4 Å². The molecule has 2 aromatic rings.